The van der Waals surface area contributed by atoms with Gasteiger partial charge in [0.05, 0.1) is 23.7 Å². The Morgan fingerprint density at radius 2 is 2.14 bits per heavy atom. The minimum absolute atomic E-state index is 0.00553. The van der Waals surface area contributed by atoms with Crippen LogP contribution in [0.25, 0.3) is 0 Å². The number of carboxylic acids is 1. The van der Waals surface area contributed by atoms with Crippen molar-refractivity contribution in [1.82, 2.24) is 4.90 Å². The summed E-state index contributed by atoms with van der Waals surface area (Å²) in [5.41, 5.74) is 0.468. The number of methoxy groups -OCH3 is 1. The van der Waals surface area contributed by atoms with Crippen molar-refractivity contribution in [2.24, 2.45) is 11.8 Å². The van der Waals surface area contributed by atoms with Crippen molar-refractivity contribution >= 4 is 29.3 Å². The molecule has 21 heavy (non-hydrogen) atoms. The van der Waals surface area contributed by atoms with Crippen LogP contribution in [0.15, 0.2) is 18.2 Å². The zero-order chi connectivity index (χ0) is 15.6. The first-order valence-corrected chi connectivity index (χ1v) is 6.92. The zero-order valence-electron chi connectivity index (χ0n) is 11.8. The Morgan fingerprint density at radius 3 is 2.71 bits per heavy atom. The first-order valence-electron chi connectivity index (χ1n) is 6.54. The highest BCUT2D eigenvalue weighted by Gasteiger charge is 2.37. The van der Waals surface area contributed by atoms with E-state index in [-0.39, 0.29) is 11.9 Å². The zero-order valence-corrected chi connectivity index (χ0v) is 12.6. The van der Waals surface area contributed by atoms with Crippen LogP contribution in [0.5, 0.6) is 5.75 Å². The van der Waals surface area contributed by atoms with Crippen LogP contribution in [0, 0.1) is 11.8 Å². The summed E-state index contributed by atoms with van der Waals surface area (Å²) in [6.07, 6.45) is 0. The molecular formula is C14H17ClN2O4. The lowest BCUT2D eigenvalue weighted by Gasteiger charge is -2.41. The lowest BCUT2D eigenvalue weighted by atomic mass is 9.87. The highest BCUT2D eigenvalue weighted by Crippen LogP contribution is 2.29. The van der Waals surface area contributed by atoms with Gasteiger partial charge in [0.2, 0.25) is 0 Å². The van der Waals surface area contributed by atoms with Crippen molar-refractivity contribution in [2.45, 2.75) is 6.92 Å². The third kappa shape index (κ3) is 3.39. The summed E-state index contributed by atoms with van der Waals surface area (Å²) in [7, 11) is 1.53. The van der Waals surface area contributed by atoms with Crippen LogP contribution in [0.4, 0.5) is 10.5 Å². The number of halogens is 1. The monoisotopic (exact) mass is 312 g/mol. The third-order valence-electron chi connectivity index (χ3n) is 3.71. The van der Waals surface area contributed by atoms with Crippen LogP contribution in [0.1, 0.15) is 6.92 Å². The molecule has 1 saturated heterocycles. The van der Waals surface area contributed by atoms with Crippen LogP contribution in [0.2, 0.25) is 5.02 Å². The SMILES string of the molecule is COc1ccc(Cl)c(NC(=O)N2CC(C(C)C(=O)O)C2)c1. The summed E-state index contributed by atoms with van der Waals surface area (Å²) >= 11 is 6.02. The minimum Gasteiger partial charge on any atom is -0.497 e. The summed E-state index contributed by atoms with van der Waals surface area (Å²) in [6, 6.07) is 4.68. The second kappa shape index (κ2) is 6.22. The van der Waals surface area contributed by atoms with Gasteiger partial charge in [-0.3, -0.25) is 4.79 Å². The van der Waals surface area contributed by atoms with Crippen molar-refractivity contribution < 1.29 is 19.4 Å². The van der Waals surface area contributed by atoms with Gasteiger partial charge >= 0.3 is 12.0 Å². The Kier molecular flexibility index (Phi) is 4.57. The molecule has 0 spiro atoms. The Hall–Kier alpha value is -1.95. The molecule has 1 unspecified atom stereocenters. The molecule has 114 valence electrons. The van der Waals surface area contributed by atoms with E-state index in [9.17, 15) is 9.59 Å². The van der Waals surface area contributed by atoms with Crippen molar-refractivity contribution in [3.05, 3.63) is 23.2 Å². The van der Waals surface area contributed by atoms with E-state index in [1.807, 2.05) is 0 Å². The van der Waals surface area contributed by atoms with Crippen LogP contribution >= 0.6 is 11.6 Å². The number of nitrogens with zero attached hydrogens (tertiary/aromatic N) is 1. The number of carbonyl (C=O) groups excluding carboxylic acids is 1. The van der Waals surface area contributed by atoms with Gasteiger partial charge in [-0.05, 0) is 12.1 Å². The number of urea groups is 1. The fraction of sp³-hybridized carbons (Fsp3) is 0.429. The first-order chi connectivity index (χ1) is 9.92. The number of benzene rings is 1. The maximum Gasteiger partial charge on any atom is 0.321 e. The van der Waals surface area contributed by atoms with E-state index in [1.165, 1.54) is 7.11 Å². The largest absolute Gasteiger partial charge is 0.497 e. The van der Waals surface area contributed by atoms with Crippen LogP contribution in [-0.4, -0.2) is 42.2 Å². The van der Waals surface area contributed by atoms with E-state index >= 15 is 0 Å². The second-order valence-corrected chi connectivity index (χ2v) is 5.48. The smallest absolute Gasteiger partial charge is 0.321 e. The van der Waals surface area contributed by atoms with Crippen molar-refractivity contribution in [2.75, 3.05) is 25.5 Å². The van der Waals surface area contributed by atoms with Gasteiger partial charge in [0.25, 0.3) is 0 Å². The summed E-state index contributed by atoms with van der Waals surface area (Å²) < 4.78 is 5.08. The molecule has 0 bridgehead atoms. The maximum atomic E-state index is 12.1. The quantitative estimate of drug-likeness (QED) is 0.895. The van der Waals surface area contributed by atoms with Gasteiger partial charge < -0.3 is 20.1 Å². The molecule has 0 saturated carbocycles. The number of anilines is 1. The molecule has 1 aromatic rings. The molecule has 1 heterocycles. The van der Waals surface area contributed by atoms with E-state index in [4.69, 9.17) is 21.4 Å². The Bertz CT molecular complexity index is 558. The molecular weight excluding hydrogens is 296 g/mol. The predicted molar refractivity (Wildman–Crippen MR) is 78.9 cm³/mol. The molecule has 1 aliphatic rings. The highest BCUT2D eigenvalue weighted by molar-refractivity contribution is 6.33. The topological polar surface area (TPSA) is 78.9 Å². The summed E-state index contributed by atoms with van der Waals surface area (Å²) in [5, 5.41) is 12.0. The summed E-state index contributed by atoms with van der Waals surface area (Å²) in [4.78, 5) is 24.5. The van der Waals surface area contributed by atoms with Gasteiger partial charge in [-0.25, -0.2) is 4.79 Å². The van der Waals surface area contributed by atoms with Crippen molar-refractivity contribution in [3.63, 3.8) is 0 Å². The van der Waals surface area contributed by atoms with Gasteiger partial charge in [-0.15, -0.1) is 0 Å². The normalized spacial score (nSPS) is 16.0. The average molecular weight is 313 g/mol. The van der Waals surface area contributed by atoms with Gasteiger partial charge in [-0.1, -0.05) is 18.5 Å². The predicted octanol–water partition coefficient (Wildman–Crippen LogP) is 2.53. The van der Waals surface area contributed by atoms with Crippen LogP contribution in [0.3, 0.4) is 0 Å². The number of rotatable bonds is 4. The molecule has 0 aromatic heterocycles. The molecule has 0 aliphatic carbocycles. The number of likely N-dealkylation sites (tertiary alicyclic amines) is 1. The van der Waals surface area contributed by atoms with E-state index in [0.29, 0.717) is 29.5 Å². The molecule has 1 fully saturated rings. The molecule has 1 aliphatic heterocycles. The number of ether oxygens (including phenoxy) is 1. The average Bonchev–Trinajstić information content (AvgIpc) is 2.39. The van der Waals surface area contributed by atoms with E-state index in [0.717, 1.165) is 0 Å². The number of carboxylic acid groups (broad SMARTS) is 1. The summed E-state index contributed by atoms with van der Waals surface area (Å²) in [5.74, 6) is -0.699. The number of aliphatic carboxylic acids is 1. The van der Waals surface area contributed by atoms with E-state index < -0.39 is 11.9 Å². The third-order valence-corrected chi connectivity index (χ3v) is 4.04. The molecule has 2 rings (SSSR count). The second-order valence-electron chi connectivity index (χ2n) is 5.07. The van der Waals surface area contributed by atoms with Crippen molar-refractivity contribution in [3.8, 4) is 5.75 Å². The Morgan fingerprint density at radius 1 is 1.48 bits per heavy atom. The number of carbonyl (C=O) groups is 2. The van der Waals surface area contributed by atoms with E-state index in [1.54, 1.807) is 30.0 Å². The summed E-state index contributed by atoms with van der Waals surface area (Å²) in [6.45, 7) is 2.52. The molecule has 2 N–H and O–H groups in total. The number of hydrogen-bond acceptors (Lipinski definition) is 3. The maximum absolute atomic E-state index is 12.1. The molecule has 6 nitrogen and oxygen atoms in total. The Balaban J connectivity index is 1.93. The molecule has 1 atom stereocenters. The molecule has 1 aromatic carbocycles. The molecule has 2 amide bonds. The fourth-order valence-electron chi connectivity index (χ4n) is 2.12. The fourth-order valence-corrected chi connectivity index (χ4v) is 2.28. The standard InChI is InChI=1S/C14H17ClN2O4/c1-8(13(18)19)9-6-17(7-9)14(20)16-12-5-10(21-2)3-4-11(12)15/h3-5,8-9H,6-7H2,1-2H3,(H,16,20)(H,18,19). The van der Waals surface area contributed by atoms with Gasteiger partial charge in [0, 0.05) is 25.1 Å². The van der Waals surface area contributed by atoms with E-state index in [2.05, 4.69) is 5.32 Å². The number of nitrogens with one attached hydrogen (secondary N) is 1. The molecule has 7 heteroatoms. The number of hydrogen-bond donors (Lipinski definition) is 2. The highest BCUT2D eigenvalue weighted by atomic mass is 35.5. The lowest BCUT2D eigenvalue weighted by Crippen LogP contribution is -2.54. The van der Waals surface area contributed by atoms with Crippen LogP contribution < -0.4 is 10.1 Å². The van der Waals surface area contributed by atoms with Crippen molar-refractivity contribution in [1.29, 1.82) is 0 Å². The number of amides is 2. The molecule has 0 radical (unpaired) electrons. The first kappa shape index (κ1) is 15.4. The van der Waals surface area contributed by atoms with Gasteiger partial charge in [0.1, 0.15) is 5.75 Å². The Labute approximate surface area is 127 Å². The lowest BCUT2D eigenvalue weighted by molar-refractivity contribution is -0.144. The van der Waals surface area contributed by atoms with Gasteiger partial charge in [-0.2, -0.15) is 0 Å². The van der Waals surface area contributed by atoms with Gasteiger partial charge in [0.15, 0.2) is 0 Å². The van der Waals surface area contributed by atoms with Crippen LogP contribution in [-0.2, 0) is 4.79 Å². The minimum atomic E-state index is -0.837.